The molecule has 22 heavy (non-hydrogen) atoms. The Morgan fingerprint density at radius 3 is 2.82 bits per heavy atom. The van der Waals surface area contributed by atoms with Gasteiger partial charge in [-0.25, -0.2) is 0 Å². The molecule has 1 heterocycles. The molecule has 2 nitrogen and oxygen atoms in total. The molecular weight excluding hydrogens is 310 g/mol. The molecule has 0 fully saturated rings. The van der Waals surface area contributed by atoms with Crippen molar-refractivity contribution in [1.29, 1.82) is 0 Å². The van der Waals surface area contributed by atoms with E-state index in [4.69, 9.17) is 17.0 Å². The zero-order chi connectivity index (χ0) is 15.4. The molecule has 0 radical (unpaired) electrons. The second kappa shape index (κ2) is 7.16. The predicted octanol–water partition coefficient (Wildman–Crippen LogP) is 4.27. The third-order valence-corrected chi connectivity index (χ3v) is 5.48. The largest absolute Gasteiger partial charge is 0.497 e. The summed E-state index contributed by atoms with van der Waals surface area (Å²) in [6.45, 7) is 1.95. The molecule has 0 saturated heterocycles. The van der Waals surface area contributed by atoms with E-state index in [1.165, 1.54) is 16.7 Å². The van der Waals surface area contributed by atoms with Crippen molar-refractivity contribution in [2.75, 3.05) is 13.7 Å². The van der Waals surface area contributed by atoms with Gasteiger partial charge in [0, 0.05) is 18.8 Å². The van der Waals surface area contributed by atoms with Gasteiger partial charge in [-0.1, -0.05) is 60.4 Å². The molecule has 0 bridgehead atoms. The Bertz CT molecular complexity index is 672. The Kier molecular flexibility index (Phi) is 5.01. The first kappa shape index (κ1) is 15.4. The Hall–Kier alpha value is -1.52. The maximum atomic E-state index is 5.62. The minimum Gasteiger partial charge on any atom is -0.497 e. The topological polar surface area (TPSA) is 12.5 Å². The first-order valence-electron chi connectivity index (χ1n) is 7.37. The van der Waals surface area contributed by atoms with Crippen LogP contribution in [0.15, 0.2) is 48.5 Å². The molecule has 0 aliphatic carbocycles. The summed E-state index contributed by atoms with van der Waals surface area (Å²) in [5.74, 6) is 1.78. The zero-order valence-electron chi connectivity index (χ0n) is 12.6. The number of hydrogen-bond acceptors (Lipinski definition) is 3. The number of ether oxygens (including phenoxy) is 1. The number of rotatable bonds is 3. The van der Waals surface area contributed by atoms with E-state index in [1.54, 1.807) is 18.9 Å². The Labute approximate surface area is 141 Å². The number of methoxy groups -OCH3 is 1. The van der Waals surface area contributed by atoms with Crippen LogP contribution in [0.5, 0.6) is 5.75 Å². The highest BCUT2D eigenvalue weighted by Gasteiger charge is 2.18. The van der Waals surface area contributed by atoms with Crippen LogP contribution in [-0.2, 0) is 18.7 Å². The van der Waals surface area contributed by atoms with Crippen LogP contribution in [0.4, 0.5) is 0 Å². The fraction of sp³-hybridized carbons (Fsp3) is 0.278. The van der Waals surface area contributed by atoms with Crippen molar-refractivity contribution in [2.45, 2.75) is 18.7 Å². The molecule has 0 spiro atoms. The molecule has 0 aromatic heterocycles. The second-order valence-electron chi connectivity index (χ2n) is 5.35. The monoisotopic (exact) mass is 329 g/mol. The Morgan fingerprint density at radius 2 is 2.00 bits per heavy atom. The van der Waals surface area contributed by atoms with Gasteiger partial charge in [-0.05, 0) is 35.2 Å². The number of thioether (sulfide) groups is 1. The highest BCUT2D eigenvalue weighted by Crippen LogP contribution is 2.24. The molecule has 2 aromatic carbocycles. The highest BCUT2D eigenvalue weighted by atomic mass is 32.2. The van der Waals surface area contributed by atoms with E-state index >= 15 is 0 Å². The summed E-state index contributed by atoms with van der Waals surface area (Å²) in [7, 11) is 1.70. The summed E-state index contributed by atoms with van der Waals surface area (Å²) in [5, 5.41) is 0. The average Bonchev–Trinajstić information content (AvgIpc) is 2.59. The standard InChI is InChI=1S/C18H19NOS2/c1-20-17-8-4-5-14(11-17)13-22-18(21)19-10-9-15-6-2-3-7-16(15)12-19/h2-8,11H,9-10,12-13H2,1H3. The minimum atomic E-state index is 0.883. The molecule has 0 unspecified atom stereocenters. The van der Waals surface area contributed by atoms with Crippen LogP contribution in [0.1, 0.15) is 16.7 Å². The van der Waals surface area contributed by atoms with Crippen LogP contribution in [0.2, 0.25) is 0 Å². The molecule has 2 aromatic rings. The molecule has 0 atom stereocenters. The summed E-state index contributed by atoms with van der Waals surface area (Å²) in [4.78, 5) is 2.31. The summed E-state index contributed by atoms with van der Waals surface area (Å²) in [6.07, 6.45) is 1.08. The van der Waals surface area contributed by atoms with Crippen molar-refractivity contribution in [3.8, 4) is 5.75 Å². The van der Waals surface area contributed by atoms with E-state index in [0.29, 0.717) is 0 Å². The van der Waals surface area contributed by atoms with Gasteiger partial charge in [0.1, 0.15) is 10.1 Å². The molecule has 1 aliphatic rings. The zero-order valence-corrected chi connectivity index (χ0v) is 14.3. The quantitative estimate of drug-likeness (QED) is 0.779. The van der Waals surface area contributed by atoms with Crippen molar-refractivity contribution in [1.82, 2.24) is 4.90 Å². The molecule has 0 N–H and O–H groups in total. The van der Waals surface area contributed by atoms with Crippen LogP contribution in [-0.4, -0.2) is 22.9 Å². The van der Waals surface area contributed by atoms with Crippen molar-refractivity contribution >= 4 is 28.3 Å². The molecular formula is C18H19NOS2. The van der Waals surface area contributed by atoms with Crippen LogP contribution >= 0.6 is 24.0 Å². The predicted molar refractivity (Wildman–Crippen MR) is 97.4 cm³/mol. The molecule has 3 rings (SSSR count). The van der Waals surface area contributed by atoms with E-state index in [9.17, 15) is 0 Å². The molecule has 0 amide bonds. The highest BCUT2D eigenvalue weighted by molar-refractivity contribution is 8.22. The molecule has 4 heteroatoms. The lowest BCUT2D eigenvalue weighted by Gasteiger charge is -2.30. The number of thiocarbonyl (C=S) groups is 1. The first-order chi connectivity index (χ1) is 10.8. The van der Waals surface area contributed by atoms with Gasteiger partial charge >= 0.3 is 0 Å². The third kappa shape index (κ3) is 3.62. The lowest BCUT2D eigenvalue weighted by Crippen LogP contribution is -2.33. The number of hydrogen-bond donors (Lipinski definition) is 0. The van der Waals surface area contributed by atoms with Crippen molar-refractivity contribution in [3.63, 3.8) is 0 Å². The summed E-state index contributed by atoms with van der Waals surface area (Å²) >= 11 is 7.35. The average molecular weight is 329 g/mol. The third-order valence-electron chi connectivity index (χ3n) is 3.89. The minimum absolute atomic E-state index is 0.883. The van der Waals surface area contributed by atoms with E-state index in [-0.39, 0.29) is 0 Å². The Balaban J connectivity index is 1.59. The van der Waals surface area contributed by atoms with E-state index < -0.39 is 0 Å². The van der Waals surface area contributed by atoms with Gasteiger partial charge in [-0.3, -0.25) is 0 Å². The maximum absolute atomic E-state index is 5.62. The van der Waals surface area contributed by atoms with E-state index in [0.717, 1.165) is 35.3 Å². The normalized spacial score (nSPS) is 13.6. The summed E-state index contributed by atoms with van der Waals surface area (Å²) in [5.41, 5.74) is 4.10. The maximum Gasteiger partial charge on any atom is 0.137 e. The van der Waals surface area contributed by atoms with Gasteiger partial charge in [0.25, 0.3) is 0 Å². The van der Waals surface area contributed by atoms with Crippen LogP contribution < -0.4 is 4.74 Å². The second-order valence-corrected chi connectivity index (χ2v) is 6.96. The van der Waals surface area contributed by atoms with E-state index in [1.807, 2.05) is 12.1 Å². The molecule has 1 aliphatic heterocycles. The van der Waals surface area contributed by atoms with Gasteiger partial charge in [0.15, 0.2) is 0 Å². The fourth-order valence-electron chi connectivity index (χ4n) is 2.65. The lowest BCUT2D eigenvalue weighted by atomic mass is 10.0. The fourth-order valence-corrected chi connectivity index (χ4v) is 3.79. The van der Waals surface area contributed by atoms with Gasteiger partial charge in [-0.15, -0.1) is 0 Å². The van der Waals surface area contributed by atoms with Crippen LogP contribution in [0.25, 0.3) is 0 Å². The summed E-state index contributed by atoms with van der Waals surface area (Å²) in [6, 6.07) is 16.8. The van der Waals surface area contributed by atoms with Gasteiger partial charge in [0.2, 0.25) is 0 Å². The number of benzene rings is 2. The lowest BCUT2D eigenvalue weighted by molar-refractivity contribution is 0.407. The molecule has 114 valence electrons. The van der Waals surface area contributed by atoms with Gasteiger partial charge in [0.05, 0.1) is 7.11 Å². The van der Waals surface area contributed by atoms with Crippen LogP contribution in [0.3, 0.4) is 0 Å². The number of fused-ring (bicyclic) bond motifs is 1. The SMILES string of the molecule is COc1cccc(CSC(=S)N2CCc3ccccc3C2)c1. The van der Waals surface area contributed by atoms with Crippen molar-refractivity contribution in [3.05, 3.63) is 65.2 Å². The van der Waals surface area contributed by atoms with Crippen molar-refractivity contribution in [2.24, 2.45) is 0 Å². The van der Waals surface area contributed by atoms with E-state index in [2.05, 4.69) is 41.3 Å². The Morgan fingerprint density at radius 1 is 1.18 bits per heavy atom. The molecule has 0 saturated carbocycles. The number of nitrogens with zero attached hydrogens (tertiary/aromatic N) is 1. The van der Waals surface area contributed by atoms with Gasteiger partial charge < -0.3 is 9.64 Å². The van der Waals surface area contributed by atoms with Crippen molar-refractivity contribution < 1.29 is 4.74 Å². The first-order valence-corrected chi connectivity index (χ1v) is 8.77. The summed E-state index contributed by atoms with van der Waals surface area (Å²) < 4.78 is 6.25. The van der Waals surface area contributed by atoms with Crippen LogP contribution in [0, 0.1) is 0 Å². The smallest absolute Gasteiger partial charge is 0.137 e. The van der Waals surface area contributed by atoms with Gasteiger partial charge in [-0.2, -0.15) is 0 Å².